The highest BCUT2D eigenvalue weighted by molar-refractivity contribution is 7.98. The summed E-state index contributed by atoms with van der Waals surface area (Å²) in [5.41, 5.74) is 2.89. The molecule has 2 heterocycles. The zero-order chi connectivity index (χ0) is 27.9. The lowest BCUT2D eigenvalue weighted by molar-refractivity contribution is -0.387. The summed E-state index contributed by atoms with van der Waals surface area (Å²) in [5.74, 6) is 0.552. The minimum atomic E-state index is -0.471. The first kappa shape index (κ1) is 27.4. The summed E-state index contributed by atoms with van der Waals surface area (Å²) in [5, 5.41) is 17.6. The van der Waals surface area contributed by atoms with Crippen molar-refractivity contribution in [3.8, 4) is 0 Å². The molecule has 10 nitrogen and oxygen atoms in total. The first-order valence-corrected chi connectivity index (χ1v) is 13.9. The van der Waals surface area contributed by atoms with Crippen LogP contribution < -0.4 is 15.4 Å². The number of carbonyl (C=O) groups excluding carboxylic acids is 1. The molecule has 1 fully saturated rings. The molecule has 0 unspecified atom stereocenters. The smallest absolute Gasteiger partial charge is 0.325 e. The Balaban J connectivity index is 1.09. The van der Waals surface area contributed by atoms with Gasteiger partial charge in [-0.2, -0.15) is 0 Å². The van der Waals surface area contributed by atoms with Crippen LogP contribution in [0, 0.1) is 15.9 Å². The van der Waals surface area contributed by atoms with Crippen molar-refractivity contribution < 1.29 is 14.1 Å². The maximum atomic E-state index is 13.4. The predicted molar refractivity (Wildman–Crippen MR) is 154 cm³/mol. The van der Waals surface area contributed by atoms with Gasteiger partial charge in [0, 0.05) is 38.3 Å². The van der Waals surface area contributed by atoms with Crippen molar-refractivity contribution in [3.63, 3.8) is 0 Å². The first-order chi connectivity index (χ1) is 19.5. The number of nitrogens with zero attached hydrogens (tertiary/aromatic N) is 4. The molecule has 12 heteroatoms. The van der Waals surface area contributed by atoms with Crippen molar-refractivity contribution in [2.45, 2.75) is 30.3 Å². The number of rotatable bonds is 10. The maximum Gasteiger partial charge on any atom is 0.325 e. The zero-order valence-electron chi connectivity index (χ0n) is 21.8. The monoisotopic (exact) mass is 563 g/mol. The number of hydrogen-bond donors (Lipinski definition) is 3. The lowest BCUT2D eigenvalue weighted by Gasteiger charge is -2.32. The number of anilines is 1. The van der Waals surface area contributed by atoms with Crippen LogP contribution in [0.2, 0.25) is 0 Å². The number of nitrogens with one attached hydrogen (secondary N) is 3. The number of halogens is 1. The molecule has 1 aliphatic heterocycles. The molecule has 5 rings (SSSR count). The van der Waals surface area contributed by atoms with Gasteiger partial charge >= 0.3 is 6.03 Å². The molecule has 40 heavy (non-hydrogen) atoms. The van der Waals surface area contributed by atoms with E-state index < -0.39 is 4.92 Å². The Hall–Kier alpha value is -4.16. The van der Waals surface area contributed by atoms with Gasteiger partial charge in [0.1, 0.15) is 10.7 Å². The summed E-state index contributed by atoms with van der Waals surface area (Å²) in [6, 6.07) is 20.7. The van der Waals surface area contributed by atoms with Crippen LogP contribution in [0.25, 0.3) is 11.0 Å². The van der Waals surface area contributed by atoms with E-state index in [0.29, 0.717) is 24.5 Å². The Morgan fingerprint density at radius 3 is 2.55 bits per heavy atom. The number of piperidine rings is 1. The quantitative estimate of drug-likeness (QED) is 0.141. The number of nitro benzene ring substituents is 1. The number of nitro groups is 1. The highest BCUT2D eigenvalue weighted by Crippen LogP contribution is 2.26. The van der Waals surface area contributed by atoms with E-state index in [9.17, 15) is 19.3 Å². The second kappa shape index (κ2) is 12.8. The van der Waals surface area contributed by atoms with Crippen LogP contribution in [0.1, 0.15) is 18.4 Å². The summed E-state index contributed by atoms with van der Waals surface area (Å²) in [4.78, 5) is 30.3. The van der Waals surface area contributed by atoms with E-state index in [2.05, 4.69) is 24.8 Å². The van der Waals surface area contributed by atoms with Crippen molar-refractivity contribution in [1.82, 2.24) is 24.5 Å². The molecular weight excluding hydrogens is 533 g/mol. The molecule has 0 bridgehead atoms. The van der Waals surface area contributed by atoms with Crippen LogP contribution in [0.15, 0.2) is 77.7 Å². The van der Waals surface area contributed by atoms with Gasteiger partial charge < -0.3 is 20.1 Å². The maximum absolute atomic E-state index is 13.4. The molecule has 2 amide bonds. The van der Waals surface area contributed by atoms with Crippen molar-refractivity contribution in [1.29, 1.82) is 0 Å². The van der Waals surface area contributed by atoms with Gasteiger partial charge in [-0.1, -0.05) is 36.4 Å². The third kappa shape index (κ3) is 6.88. The summed E-state index contributed by atoms with van der Waals surface area (Å²) in [6.45, 7) is 3.52. The van der Waals surface area contributed by atoms with Gasteiger partial charge in [-0.25, -0.2) is 14.2 Å². The number of aromatic nitrogens is 2. The molecule has 1 saturated heterocycles. The van der Waals surface area contributed by atoms with E-state index >= 15 is 0 Å². The highest BCUT2D eigenvalue weighted by atomic mass is 32.2. The normalized spacial score (nSPS) is 14.2. The second-order valence-electron chi connectivity index (χ2n) is 9.58. The number of para-hydroxylation sites is 3. The standard InChI is InChI=1S/C28H30FN7O3S/c29-21-11-9-20(10-12-21)19-35-24-6-2-1-5-23(24)32-27(35)31-22-13-16-34(17-14-22)18-15-30-28(37)33-40-26-8-4-3-7-25(26)36(38)39/h1-12,22H,13-19H2,(H,31,32)(H2,30,33,37). The molecule has 3 aromatic carbocycles. The molecule has 0 aliphatic carbocycles. The summed E-state index contributed by atoms with van der Waals surface area (Å²) >= 11 is 0.924. The number of hydrogen-bond acceptors (Lipinski definition) is 7. The van der Waals surface area contributed by atoms with Crippen LogP contribution in [0.3, 0.4) is 0 Å². The second-order valence-corrected chi connectivity index (χ2v) is 10.4. The summed E-state index contributed by atoms with van der Waals surface area (Å²) in [7, 11) is 0. The van der Waals surface area contributed by atoms with Gasteiger partial charge in [0.25, 0.3) is 5.69 Å². The Morgan fingerprint density at radius 1 is 1.05 bits per heavy atom. The highest BCUT2D eigenvalue weighted by Gasteiger charge is 2.22. The number of fused-ring (bicyclic) bond motifs is 1. The van der Waals surface area contributed by atoms with Crippen molar-refractivity contribution in [3.05, 3.63) is 94.3 Å². The Kier molecular flexibility index (Phi) is 8.77. The SMILES string of the molecule is O=C(NCCN1CCC(Nc2nc3ccccc3n2Cc2ccc(F)cc2)CC1)NSc1ccccc1[N+](=O)[O-]. The number of likely N-dealkylation sites (tertiary alicyclic amines) is 1. The van der Waals surface area contributed by atoms with E-state index in [1.54, 1.807) is 30.3 Å². The molecule has 1 aromatic heterocycles. The number of amides is 2. The molecule has 0 spiro atoms. The Morgan fingerprint density at radius 2 is 1.77 bits per heavy atom. The lowest BCUT2D eigenvalue weighted by Crippen LogP contribution is -2.43. The average molecular weight is 564 g/mol. The van der Waals surface area contributed by atoms with Crippen LogP contribution in [-0.4, -0.2) is 57.6 Å². The van der Waals surface area contributed by atoms with Crippen molar-refractivity contribution in [2.24, 2.45) is 0 Å². The number of urea groups is 1. The first-order valence-electron chi connectivity index (χ1n) is 13.1. The van der Waals surface area contributed by atoms with Crippen LogP contribution in [0.5, 0.6) is 0 Å². The van der Waals surface area contributed by atoms with E-state index in [0.717, 1.165) is 60.4 Å². The van der Waals surface area contributed by atoms with Gasteiger partial charge in [0.2, 0.25) is 5.95 Å². The van der Waals surface area contributed by atoms with E-state index in [1.165, 1.54) is 18.2 Å². The Bertz CT molecular complexity index is 1470. The minimum Gasteiger partial charge on any atom is -0.353 e. The number of imidazole rings is 1. The van der Waals surface area contributed by atoms with Gasteiger partial charge in [0.15, 0.2) is 0 Å². The number of carbonyl (C=O) groups is 1. The van der Waals surface area contributed by atoms with E-state index in [4.69, 9.17) is 4.98 Å². The Labute approximate surface area is 235 Å². The third-order valence-electron chi connectivity index (χ3n) is 6.86. The van der Waals surface area contributed by atoms with E-state index in [1.807, 2.05) is 24.3 Å². The fourth-order valence-corrected chi connectivity index (χ4v) is 5.43. The summed E-state index contributed by atoms with van der Waals surface area (Å²) in [6.07, 6.45) is 1.86. The average Bonchev–Trinajstić information content (AvgIpc) is 3.30. The topological polar surface area (TPSA) is 117 Å². The number of benzene rings is 3. The van der Waals surface area contributed by atoms with Crippen molar-refractivity contribution in [2.75, 3.05) is 31.5 Å². The fraction of sp³-hybridized carbons (Fsp3) is 0.286. The molecule has 3 N–H and O–H groups in total. The van der Waals surface area contributed by atoms with Crippen molar-refractivity contribution >= 4 is 40.6 Å². The molecule has 0 saturated carbocycles. The molecule has 208 valence electrons. The van der Waals surface area contributed by atoms with Crippen LogP contribution >= 0.6 is 11.9 Å². The van der Waals surface area contributed by atoms with Gasteiger partial charge in [-0.15, -0.1) is 0 Å². The zero-order valence-corrected chi connectivity index (χ0v) is 22.6. The lowest BCUT2D eigenvalue weighted by atomic mass is 10.1. The van der Waals surface area contributed by atoms with Crippen LogP contribution in [-0.2, 0) is 6.54 Å². The van der Waals surface area contributed by atoms with Crippen LogP contribution in [0.4, 0.5) is 20.8 Å². The van der Waals surface area contributed by atoms with Gasteiger partial charge in [-0.3, -0.25) is 14.8 Å². The molecule has 0 radical (unpaired) electrons. The molecule has 0 atom stereocenters. The van der Waals surface area contributed by atoms with E-state index in [-0.39, 0.29) is 23.6 Å². The molecule has 1 aliphatic rings. The minimum absolute atomic E-state index is 0.0460. The third-order valence-corrected chi connectivity index (χ3v) is 7.71. The fourth-order valence-electron chi connectivity index (χ4n) is 4.76. The summed E-state index contributed by atoms with van der Waals surface area (Å²) < 4.78 is 18.2. The van der Waals surface area contributed by atoms with Gasteiger partial charge in [0.05, 0.1) is 22.5 Å². The molecular formula is C28H30FN7O3S. The molecule has 4 aromatic rings. The predicted octanol–water partition coefficient (Wildman–Crippen LogP) is 5.01. The van der Waals surface area contributed by atoms with Gasteiger partial charge in [-0.05, 0) is 60.7 Å². The largest absolute Gasteiger partial charge is 0.353 e.